The average Bonchev–Trinajstić information content (AvgIpc) is 3.19. The normalized spacial score (nSPS) is 23.4. The van der Waals surface area contributed by atoms with Gasteiger partial charge in [-0.25, -0.2) is 0 Å². The molecule has 2 unspecified atom stereocenters. The van der Waals surface area contributed by atoms with Crippen molar-refractivity contribution in [3.05, 3.63) is 29.8 Å². The van der Waals surface area contributed by atoms with Crippen molar-refractivity contribution in [2.45, 2.75) is 57.3 Å². The third kappa shape index (κ3) is 5.61. The van der Waals surface area contributed by atoms with Gasteiger partial charge in [-0.15, -0.1) is 0 Å². The summed E-state index contributed by atoms with van der Waals surface area (Å²) in [6.07, 6.45) is -0.357. The fourth-order valence-electron chi connectivity index (χ4n) is 3.91. The van der Waals surface area contributed by atoms with Gasteiger partial charge < -0.3 is 15.0 Å². The summed E-state index contributed by atoms with van der Waals surface area (Å²) in [4.78, 5) is 13.9. The van der Waals surface area contributed by atoms with Crippen LogP contribution >= 0.6 is 0 Å². The third-order valence-electron chi connectivity index (χ3n) is 5.50. The van der Waals surface area contributed by atoms with Gasteiger partial charge in [0.2, 0.25) is 0 Å². The Morgan fingerprint density at radius 3 is 2.63 bits per heavy atom. The number of para-hydroxylation sites is 1. The van der Waals surface area contributed by atoms with Crippen molar-refractivity contribution in [2.24, 2.45) is 5.92 Å². The summed E-state index contributed by atoms with van der Waals surface area (Å²) in [5, 5.41) is 3.25. The molecule has 2 fully saturated rings. The number of hydrogen-bond donors (Lipinski definition) is 1. The van der Waals surface area contributed by atoms with Crippen LogP contribution in [0, 0.1) is 5.92 Å². The molecule has 1 aromatic rings. The highest BCUT2D eigenvalue weighted by molar-refractivity contribution is 5.78. The van der Waals surface area contributed by atoms with Gasteiger partial charge in [-0.1, -0.05) is 24.6 Å². The average molecular weight is 384 g/mol. The maximum absolute atomic E-state index is 13.0. The molecular formula is C20H27F3N2O2. The molecule has 1 aromatic carbocycles. The predicted molar refractivity (Wildman–Crippen MR) is 96.4 cm³/mol. The molecule has 0 bridgehead atoms. The van der Waals surface area contributed by atoms with Crippen molar-refractivity contribution in [2.75, 3.05) is 19.7 Å². The summed E-state index contributed by atoms with van der Waals surface area (Å²) < 4.78 is 44.6. The quantitative estimate of drug-likeness (QED) is 0.809. The summed E-state index contributed by atoms with van der Waals surface area (Å²) in [6.45, 7) is 2.00. The van der Waals surface area contributed by atoms with Gasteiger partial charge in [0.25, 0.3) is 5.91 Å². The van der Waals surface area contributed by atoms with Gasteiger partial charge >= 0.3 is 6.18 Å². The Balaban J connectivity index is 1.52. The summed E-state index contributed by atoms with van der Waals surface area (Å²) in [7, 11) is 0. The van der Waals surface area contributed by atoms with Gasteiger partial charge in [-0.3, -0.25) is 4.79 Å². The molecule has 1 heterocycles. The van der Waals surface area contributed by atoms with Crippen LogP contribution in [0.5, 0.6) is 5.75 Å². The van der Waals surface area contributed by atoms with Crippen LogP contribution in [0.25, 0.3) is 0 Å². The van der Waals surface area contributed by atoms with E-state index in [4.69, 9.17) is 4.74 Å². The van der Waals surface area contributed by atoms with Crippen LogP contribution in [0.4, 0.5) is 13.2 Å². The van der Waals surface area contributed by atoms with Crippen molar-refractivity contribution in [3.63, 3.8) is 0 Å². The summed E-state index contributed by atoms with van der Waals surface area (Å²) in [5.74, 6) is -0.621. The number of carbonyl (C=O) groups excluding carboxylic acids is 1. The molecule has 3 rings (SSSR count). The maximum atomic E-state index is 13.0. The van der Waals surface area contributed by atoms with Crippen molar-refractivity contribution in [1.82, 2.24) is 10.2 Å². The lowest BCUT2D eigenvalue weighted by Crippen LogP contribution is -2.38. The highest BCUT2D eigenvalue weighted by atomic mass is 19.4. The lowest BCUT2D eigenvalue weighted by molar-refractivity contribution is -0.183. The van der Waals surface area contributed by atoms with Gasteiger partial charge in [0.05, 0.1) is 5.92 Å². The zero-order valence-corrected chi connectivity index (χ0v) is 15.4. The first-order chi connectivity index (χ1) is 12.9. The van der Waals surface area contributed by atoms with E-state index in [9.17, 15) is 18.0 Å². The van der Waals surface area contributed by atoms with E-state index in [0.29, 0.717) is 18.7 Å². The molecular weight excluding hydrogens is 357 g/mol. The first-order valence-electron chi connectivity index (χ1n) is 9.72. The molecule has 1 aliphatic carbocycles. The van der Waals surface area contributed by atoms with Crippen molar-refractivity contribution < 1.29 is 22.7 Å². The standard InChI is InChI=1S/C20H27F3N2O2/c21-20(22,23)16-7-5-8-17(12-16)24-13-15-6-1-2-9-18(15)27-14-19(26)25-10-3-4-11-25/h1-2,6,9,16-17,24H,3-5,7-8,10-14H2. The van der Waals surface area contributed by atoms with Gasteiger partial charge in [0.1, 0.15) is 5.75 Å². The van der Waals surface area contributed by atoms with E-state index in [0.717, 1.165) is 37.9 Å². The number of nitrogens with one attached hydrogen (secondary N) is 1. The highest BCUT2D eigenvalue weighted by Gasteiger charge is 2.42. The number of ether oxygens (including phenoxy) is 1. The van der Waals surface area contributed by atoms with Crippen molar-refractivity contribution >= 4 is 5.91 Å². The van der Waals surface area contributed by atoms with Gasteiger partial charge in [-0.05, 0) is 38.2 Å². The molecule has 1 aliphatic heterocycles. The Hall–Kier alpha value is -1.76. The Labute approximate surface area is 158 Å². The first-order valence-corrected chi connectivity index (χ1v) is 9.72. The molecule has 1 saturated carbocycles. The van der Waals surface area contributed by atoms with Gasteiger partial charge in [0.15, 0.2) is 6.61 Å². The SMILES string of the molecule is O=C(COc1ccccc1CNC1CCCC(C(F)(F)F)C1)N1CCCC1. The van der Waals surface area contributed by atoms with Crippen molar-refractivity contribution in [1.29, 1.82) is 0 Å². The fraction of sp³-hybridized carbons (Fsp3) is 0.650. The molecule has 1 amide bonds. The van der Waals surface area contributed by atoms with Crippen LogP contribution in [0.15, 0.2) is 24.3 Å². The van der Waals surface area contributed by atoms with Gasteiger partial charge in [0, 0.05) is 31.2 Å². The first kappa shape index (κ1) is 20.0. The smallest absolute Gasteiger partial charge is 0.391 e. The number of benzene rings is 1. The lowest BCUT2D eigenvalue weighted by atomic mass is 9.85. The number of hydrogen-bond acceptors (Lipinski definition) is 3. The molecule has 1 saturated heterocycles. The largest absolute Gasteiger partial charge is 0.483 e. The number of alkyl halides is 3. The number of likely N-dealkylation sites (tertiary alicyclic amines) is 1. The van der Waals surface area contributed by atoms with Crippen LogP contribution in [-0.2, 0) is 11.3 Å². The number of rotatable bonds is 6. The van der Waals surface area contributed by atoms with Crippen LogP contribution in [0.1, 0.15) is 44.1 Å². The van der Waals surface area contributed by atoms with Gasteiger partial charge in [-0.2, -0.15) is 13.2 Å². The van der Waals surface area contributed by atoms with E-state index in [1.54, 1.807) is 11.0 Å². The van der Waals surface area contributed by atoms with Crippen LogP contribution in [0.2, 0.25) is 0 Å². The van der Waals surface area contributed by atoms with E-state index in [1.165, 1.54) is 0 Å². The molecule has 7 heteroatoms. The minimum Gasteiger partial charge on any atom is -0.483 e. The maximum Gasteiger partial charge on any atom is 0.391 e. The molecule has 27 heavy (non-hydrogen) atoms. The summed E-state index contributed by atoms with van der Waals surface area (Å²) in [6, 6.07) is 7.23. The second-order valence-corrected chi connectivity index (χ2v) is 7.47. The Kier molecular flexibility index (Phi) is 6.63. The van der Waals surface area contributed by atoms with E-state index < -0.39 is 12.1 Å². The minimum absolute atomic E-state index is 0.00338. The number of nitrogens with zero attached hydrogens (tertiary/aromatic N) is 1. The molecule has 150 valence electrons. The third-order valence-corrected chi connectivity index (χ3v) is 5.50. The van der Waals surface area contributed by atoms with Crippen LogP contribution < -0.4 is 10.1 Å². The molecule has 0 spiro atoms. The summed E-state index contributed by atoms with van der Waals surface area (Å²) in [5.41, 5.74) is 0.862. The molecule has 2 atom stereocenters. The topological polar surface area (TPSA) is 41.6 Å². The monoisotopic (exact) mass is 384 g/mol. The number of amides is 1. The Morgan fingerprint density at radius 2 is 1.89 bits per heavy atom. The number of carbonyl (C=O) groups is 1. The molecule has 4 nitrogen and oxygen atoms in total. The highest BCUT2D eigenvalue weighted by Crippen LogP contribution is 2.37. The Bertz CT molecular complexity index is 630. The lowest BCUT2D eigenvalue weighted by Gasteiger charge is -2.31. The van der Waals surface area contributed by atoms with E-state index in [-0.39, 0.29) is 31.4 Å². The molecule has 1 N–H and O–H groups in total. The minimum atomic E-state index is -4.11. The van der Waals surface area contributed by atoms with Crippen LogP contribution in [-0.4, -0.2) is 42.7 Å². The number of halogens is 3. The molecule has 0 aromatic heterocycles. The zero-order valence-electron chi connectivity index (χ0n) is 15.4. The second-order valence-electron chi connectivity index (χ2n) is 7.47. The van der Waals surface area contributed by atoms with E-state index >= 15 is 0 Å². The zero-order chi connectivity index (χ0) is 19.3. The van der Waals surface area contributed by atoms with E-state index in [2.05, 4.69) is 5.32 Å². The fourth-order valence-corrected chi connectivity index (χ4v) is 3.91. The second kappa shape index (κ2) is 8.95. The Morgan fingerprint density at radius 1 is 1.15 bits per heavy atom. The molecule has 0 radical (unpaired) electrons. The van der Waals surface area contributed by atoms with E-state index in [1.807, 2.05) is 18.2 Å². The summed E-state index contributed by atoms with van der Waals surface area (Å²) >= 11 is 0. The van der Waals surface area contributed by atoms with Crippen LogP contribution in [0.3, 0.4) is 0 Å². The predicted octanol–water partition coefficient (Wildman–Crippen LogP) is 3.90. The van der Waals surface area contributed by atoms with Crippen molar-refractivity contribution in [3.8, 4) is 5.75 Å². The molecule has 2 aliphatic rings.